The molecule has 2 aromatic carbocycles. The van der Waals surface area contributed by atoms with Crippen LogP contribution in [0.3, 0.4) is 0 Å². The number of benzene rings is 2. The van der Waals surface area contributed by atoms with E-state index < -0.39 is 23.9 Å². The van der Waals surface area contributed by atoms with E-state index in [4.69, 9.17) is 18.9 Å². The van der Waals surface area contributed by atoms with Crippen molar-refractivity contribution in [2.45, 2.75) is 51.9 Å². The van der Waals surface area contributed by atoms with Crippen LogP contribution < -0.4 is 0 Å². The van der Waals surface area contributed by atoms with Gasteiger partial charge in [-0.3, -0.25) is 0 Å². The van der Waals surface area contributed by atoms with Crippen LogP contribution >= 0.6 is 0 Å². The average Bonchev–Trinajstić information content (AvgIpc) is 2.78. The van der Waals surface area contributed by atoms with Gasteiger partial charge in [0.15, 0.2) is 0 Å². The van der Waals surface area contributed by atoms with Gasteiger partial charge in [-0.2, -0.15) is 0 Å². The van der Waals surface area contributed by atoms with Crippen LogP contribution in [0.4, 0.5) is 9.18 Å². The van der Waals surface area contributed by atoms with Crippen LogP contribution in [0.1, 0.15) is 44.4 Å². The van der Waals surface area contributed by atoms with E-state index in [1.54, 1.807) is 18.1 Å². The van der Waals surface area contributed by atoms with Gasteiger partial charge in [0.1, 0.15) is 23.6 Å². The van der Waals surface area contributed by atoms with Crippen LogP contribution in [0.5, 0.6) is 0 Å². The third kappa shape index (κ3) is 7.01. The smallest absolute Gasteiger partial charge is 0.410 e. The van der Waals surface area contributed by atoms with Crippen LogP contribution in [0.25, 0.3) is 11.1 Å². The predicted molar refractivity (Wildman–Crippen MR) is 129 cm³/mol. The van der Waals surface area contributed by atoms with Crippen molar-refractivity contribution in [2.24, 2.45) is 0 Å². The second kappa shape index (κ2) is 11.8. The monoisotopic (exact) mass is 473 g/mol. The van der Waals surface area contributed by atoms with E-state index in [1.165, 1.54) is 6.07 Å². The van der Waals surface area contributed by atoms with E-state index in [0.717, 1.165) is 11.1 Å². The molecule has 3 rings (SSSR count). The van der Waals surface area contributed by atoms with Crippen molar-refractivity contribution in [1.29, 1.82) is 0 Å². The van der Waals surface area contributed by atoms with Gasteiger partial charge in [-0.15, -0.1) is 0 Å². The Hall–Kier alpha value is -2.48. The second-order valence-corrected chi connectivity index (χ2v) is 9.55. The number of morpholine rings is 1. The van der Waals surface area contributed by atoms with E-state index in [9.17, 15) is 4.79 Å². The molecule has 0 spiro atoms. The number of hydrogen-bond donors (Lipinski definition) is 0. The molecule has 1 aliphatic heterocycles. The summed E-state index contributed by atoms with van der Waals surface area (Å²) in [5.74, 6) is -0.326. The molecule has 6 nitrogen and oxygen atoms in total. The highest BCUT2D eigenvalue weighted by atomic mass is 19.1. The summed E-state index contributed by atoms with van der Waals surface area (Å²) in [5, 5.41) is 0. The van der Waals surface area contributed by atoms with E-state index in [1.807, 2.05) is 58.0 Å². The number of nitrogens with zero attached hydrogens (tertiary/aromatic N) is 1. The third-order valence-electron chi connectivity index (χ3n) is 5.53. The maximum Gasteiger partial charge on any atom is 0.410 e. The number of hydrogen-bond acceptors (Lipinski definition) is 5. The lowest BCUT2D eigenvalue weighted by Gasteiger charge is -2.38. The lowest BCUT2D eigenvalue weighted by atomic mass is 9.92. The molecule has 0 aliphatic carbocycles. The van der Waals surface area contributed by atoms with Crippen LogP contribution in [-0.4, -0.2) is 62.7 Å². The molecule has 1 amide bonds. The minimum atomic E-state index is -0.595. The fraction of sp³-hybridized carbons (Fsp3) is 0.519. The van der Waals surface area contributed by atoms with Crippen LogP contribution in [0.2, 0.25) is 0 Å². The largest absolute Gasteiger partial charge is 0.444 e. The molecule has 1 fully saturated rings. The molecule has 0 N–H and O–H groups in total. The van der Waals surface area contributed by atoms with Crippen molar-refractivity contribution < 1.29 is 28.1 Å². The Kier molecular flexibility index (Phi) is 9.05. The maximum absolute atomic E-state index is 15.2. The molecule has 2 atom stereocenters. The van der Waals surface area contributed by atoms with Crippen molar-refractivity contribution in [3.63, 3.8) is 0 Å². The molecule has 34 heavy (non-hydrogen) atoms. The predicted octanol–water partition coefficient (Wildman–Crippen LogP) is 5.53. The van der Waals surface area contributed by atoms with Crippen molar-refractivity contribution in [1.82, 2.24) is 4.90 Å². The first kappa shape index (κ1) is 26.1. The summed E-state index contributed by atoms with van der Waals surface area (Å²) in [6.45, 7) is 9.51. The van der Waals surface area contributed by atoms with Gasteiger partial charge in [-0.1, -0.05) is 42.0 Å². The Morgan fingerprint density at radius 1 is 1.21 bits per heavy atom. The molecule has 1 unspecified atom stereocenters. The highest BCUT2D eigenvalue weighted by molar-refractivity contribution is 5.70. The fourth-order valence-electron chi connectivity index (χ4n) is 4.04. The fourth-order valence-corrected chi connectivity index (χ4v) is 4.04. The Morgan fingerprint density at radius 3 is 2.68 bits per heavy atom. The molecule has 0 bridgehead atoms. The molecule has 1 heterocycles. The summed E-state index contributed by atoms with van der Waals surface area (Å²) in [6.07, 6.45) is -0.760. The summed E-state index contributed by atoms with van der Waals surface area (Å²) < 4.78 is 38.3. The number of rotatable bonds is 8. The number of amides is 1. The Bertz CT molecular complexity index is 958. The van der Waals surface area contributed by atoms with Gasteiger partial charge >= 0.3 is 6.09 Å². The molecule has 7 heteroatoms. The zero-order valence-electron chi connectivity index (χ0n) is 20.8. The van der Waals surface area contributed by atoms with Gasteiger partial charge in [0, 0.05) is 32.4 Å². The summed E-state index contributed by atoms with van der Waals surface area (Å²) in [4.78, 5) is 14.4. The van der Waals surface area contributed by atoms with Crippen molar-refractivity contribution >= 4 is 6.09 Å². The van der Waals surface area contributed by atoms with Gasteiger partial charge in [0.05, 0.1) is 13.2 Å². The van der Waals surface area contributed by atoms with Crippen molar-refractivity contribution in [3.8, 4) is 11.1 Å². The van der Waals surface area contributed by atoms with Gasteiger partial charge in [-0.05, 0) is 51.3 Å². The molecule has 1 aliphatic rings. The molecular formula is C27H36FNO5. The highest BCUT2D eigenvalue weighted by Crippen LogP contribution is 2.36. The Labute approximate surface area is 201 Å². The van der Waals surface area contributed by atoms with Crippen LogP contribution in [0, 0.1) is 12.7 Å². The molecule has 186 valence electrons. The van der Waals surface area contributed by atoms with Crippen LogP contribution in [-0.2, 0) is 18.9 Å². The molecule has 0 radical (unpaired) electrons. The first-order valence-corrected chi connectivity index (χ1v) is 11.7. The highest BCUT2D eigenvalue weighted by Gasteiger charge is 2.35. The first-order valence-electron chi connectivity index (χ1n) is 11.7. The number of ether oxygens (including phenoxy) is 4. The van der Waals surface area contributed by atoms with Gasteiger partial charge in [0.2, 0.25) is 0 Å². The zero-order valence-corrected chi connectivity index (χ0v) is 20.8. The third-order valence-corrected chi connectivity index (χ3v) is 5.53. The molecule has 0 saturated carbocycles. The van der Waals surface area contributed by atoms with Gasteiger partial charge in [-0.25, -0.2) is 9.18 Å². The summed E-state index contributed by atoms with van der Waals surface area (Å²) in [5.41, 5.74) is 2.40. The molecule has 2 aromatic rings. The Balaban J connectivity index is 1.94. The molecule has 1 saturated heterocycles. The molecule has 0 aromatic heterocycles. The van der Waals surface area contributed by atoms with Crippen molar-refractivity contribution in [2.75, 3.05) is 40.0 Å². The van der Waals surface area contributed by atoms with E-state index >= 15 is 4.39 Å². The van der Waals surface area contributed by atoms with E-state index in [-0.39, 0.29) is 12.4 Å². The standard InChI is InChI=1S/C27H36FNO5/c1-19-9-6-10-20(17-19)24-21(11-7-12-22(24)28)25(33-15-8-14-31-5)23-18-29(13-16-32-23)26(30)34-27(2,3)4/h6-7,9-12,17,23,25H,8,13-16,18H2,1-5H3/t23?,25-/m0/s1. The number of carbonyl (C=O) groups is 1. The summed E-state index contributed by atoms with van der Waals surface area (Å²) in [6, 6.07) is 12.8. The Morgan fingerprint density at radius 2 is 1.97 bits per heavy atom. The minimum absolute atomic E-state index is 0.285. The topological polar surface area (TPSA) is 57.2 Å². The summed E-state index contributed by atoms with van der Waals surface area (Å²) in [7, 11) is 1.64. The van der Waals surface area contributed by atoms with Gasteiger partial charge in [0.25, 0.3) is 0 Å². The summed E-state index contributed by atoms with van der Waals surface area (Å²) >= 11 is 0. The number of halogens is 1. The van der Waals surface area contributed by atoms with Crippen LogP contribution in [0.15, 0.2) is 42.5 Å². The van der Waals surface area contributed by atoms with E-state index in [2.05, 4.69) is 0 Å². The van der Waals surface area contributed by atoms with E-state index in [0.29, 0.717) is 43.9 Å². The van der Waals surface area contributed by atoms with Gasteiger partial charge < -0.3 is 23.8 Å². The lowest BCUT2D eigenvalue weighted by molar-refractivity contribution is -0.114. The quantitative estimate of drug-likeness (QED) is 0.472. The molecular weight excluding hydrogens is 437 g/mol. The zero-order chi connectivity index (χ0) is 24.7. The number of methoxy groups -OCH3 is 1. The lowest BCUT2D eigenvalue weighted by Crippen LogP contribution is -2.49. The first-order chi connectivity index (χ1) is 16.2. The minimum Gasteiger partial charge on any atom is -0.444 e. The van der Waals surface area contributed by atoms with Crippen molar-refractivity contribution in [3.05, 3.63) is 59.4 Å². The second-order valence-electron chi connectivity index (χ2n) is 9.55. The number of aryl methyl sites for hydroxylation is 1. The number of carbonyl (C=O) groups excluding carboxylic acids is 1. The average molecular weight is 474 g/mol. The maximum atomic E-state index is 15.2. The normalized spacial score (nSPS) is 17.5. The SMILES string of the molecule is COCCCO[C@@H](c1cccc(F)c1-c1cccc(C)c1)C1CN(C(=O)OC(C)(C)C)CCO1.